The Morgan fingerprint density at radius 1 is 0.886 bits per heavy atom. The average molecular weight is 574 g/mol. The maximum Gasteiger partial charge on any atom is 0.255 e. The predicted molar refractivity (Wildman–Crippen MR) is 122 cm³/mol. The molecule has 12 heteroatoms. The minimum absolute atomic E-state index is 0.148. The molecule has 0 amide bonds. The van der Waals surface area contributed by atoms with Gasteiger partial charge >= 0.3 is 0 Å². The molecule has 1 atom stereocenters. The van der Waals surface area contributed by atoms with Gasteiger partial charge in [0.15, 0.2) is 0 Å². The van der Waals surface area contributed by atoms with Crippen molar-refractivity contribution < 1.29 is 35.1 Å². The van der Waals surface area contributed by atoms with E-state index in [-0.39, 0.29) is 4.90 Å². The second-order valence-corrected chi connectivity index (χ2v) is 9.18. The van der Waals surface area contributed by atoms with Crippen LogP contribution in [0.1, 0.15) is 5.56 Å². The summed E-state index contributed by atoms with van der Waals surface area (Å²) in [5.41, 5.74) is 1.22. The van der Waals surface area contributed by atoms with Crippen LogP contribution in [0, 0.1) is 36.0 Å². The maximum atomic E-state index is 13.9. The Kier molecular flexibility index (Phi) is 6.69. The molecule has 0 spiro atoms. The number of benzene rings is 3. The minimum Gasteiger partial charge on any atom is -0.495 e. The largest absolute Gasteiger partial charge is 0.495 e. The van der Waals surface area contributed by atoms with E-state index in [0.717, 1.165) is 10.0 Å². The Balaban J connectivity index is 1.81. The van der Waals surface area contributed by atoms with Crippen molar-refractivity contribution in [2.75, 3.05) is 7.11 Å². The molecule has 4 rings (SSSR count). The monoisotopic (exact) mass is 573 g/mol. The third kappa shape index (κ3) is 4.31. The van der Waals surface area contributed by atoms with Crippen LogP contribution in [0.5, 0.6) is 11.5 Å². The molecule has 1 heterocycles. The van der Waals surface area contributed by atoms with E-state index in [0.29, 0.717) is 22.3 Å². The zero-order chi connectivity index (χ0) is 25.6. The Labute approximate surface area is 205 Å². The standard InChI is InChI=1S/C23H13BrF5NO4S/c1-10-7-15(16(33-2)9-13(10)24)30-14-5-4-12(8-11(14)3-6-17(30)31)35(32)34-23-21(28)19(26)18(25)20(27)22(23)29/h3-9H,1-2H3. The summed E-state index contributed by atoms with van der Waals surface area (Å²) in [7, 11) is 1.44. The molecular formula is C23H13BrF5NO4S. The lowest BCUT2D eigenvalue weighted by Gasteiger charge is -2.16. The SMILES string of the molecule is COc1cc(Br)c(C)cc1-n1c(=O)ccc2cc(S(=O)Oc3c(F)c(F)c(F)c(F)c3F)ccc21. The summed E-state index contributed by atoms with van der Waals surface area (Å²) in [6.07, 6.45) is 0. The molecule has 5 nitrogen and oxygen atoms in total. The highest BCUT2D eigenvalue weighted by atomic mass is 79.9. The molecule has 0 aliphatic heterocycles. The first-order chi connectivity index (χ1) is 16.5. The molecule has 0 radical (unpaired) electrons. The van der Waals surface area contributed by atoms with Crippen LogP contribution in [-0.2, 0) is 11.1 Å². The van der Waals surface area contributed by atoms with E-state index in [1.807, 2.05) is 6.92 Å². The number of fused-ring (bicyclic) bond motifs is 1. The molecule has 35 heavy (non-hydrogen) atoms. The Hall–Kier alpha value is -3.25. The summed E-state index contributed by atoms with van der Waals surface area (Å²) in [5.74, 6) is -12.6. The average Bonchev–Trinajstić information content (AvgIpc) is 2.85. The number of pyridine rings is 1. The molecule has 0 saturated carbocycles. The second kappa shape index (κ2) is 9.42. The Morgan fingerprint density at radius 2 is 1.51 bits per heavy atom. The van der Waals surface area contributed by atoms with E-state index in [2.05, 4.69) is 20.1 Å². The van der Waals surface area contributed by atoms with Crippen LogP contribution in [-0.4, -0.2) is 15.9 Å². The number of halogens is 6. The van der Waals surface area contributed by atoms with Gasteiger partial charge in [0.25, 0.3) is 5.56 Å². The quantitative estimate of drug-likeness (QED) is 0.170. The summed E-state index contributed by atoms with van der Waals surface area (Å²) in [6, 6.07) is 10.0. The smallest absolute Gasteiger partial charge is 0.255 e. The van der Waals surface area contributed by atoms with Crippen LogP contribution in [0.4, 0.5) is 22.0 Å². The van der Waals surface area contributed by atoms with Crippen LogP contribution in [0.2, 0.25) is 0 Å². The first-order valence-corrected chi connectivity index (χ1v) is 11.5. The highest BCUT2D eigenvalue weighted by Crippen LogP contribution is 2.33. The van der Waals surface area contributed by atoms with Crippen molar-refractivity contribution in [3.63, 3.8) is 0 Å². The van der Waals surface area contributed by atoms with E-state index in [1.54, 1.807) is 12.1 Å². The first kappa shape index (κ1) is 24.9. The fourth-order valence-corrected chi connectivity index (χ4v) is 4.46. The van der Waals surface area contributed by atoms with Crippen LogP contribution in [0.25, 0.3) is 16.6 Å². The van der Waals surface area contributed by atoms with Gasteiger partial charge in [-0.2, -0.15) is 8.78 Å². The van der Waals surface area contributed by atoms with Crippen molar-refractivity contribution >= 4 is 37.9 Å². The van der Waals surface area contributed by atoms with E-state index in [4.69, 9.17) is 4.74 Å². The van der Waals surface area contributed by atoms with Crippen molar-refractivity contribution in [2.24, 2.45) is 0 Å². The van der Waals surface area contributed by atoms with Crippen LogP contribution >= 0.6 is 15.9 Å². The third-order valence-electron chi connectivity index (χ3n) is 5.09. The molecule has 0 saturated heterocycles. The summed E-state index contributed by atoms with van der Waals surface area (Å²) in [4.78, 5) is 12.6. The van der Waals surface area contributed by atoms with Crippen LogP contribution < -0.4 is 14.5 Å². The first-order valence-electron chi connectivity index (χ1n) is 9.67. The molecular weight excluding hydrogens is 561 g/mol. The van der Waals surface area contributed by atoms with Crippen LogP contribution in [0.15, 0.2) is 56.6 Å². The number of aromatic nitrogens is 1. The topological polar surface area (TPSA) is 57.5 Å². The summed E-state index contributed by atoms with van der Waals surface area (Å²) >= 11 is 0.744. The second-order valence-electron chi connectivity index (χ2n) is 7.22. The van der Waals surface area contributed by atoms with Crippen molar-refractivity contribution in [3.05, 3.63) is 91.9 Å². The fraction of sp³-hybridized carbons (Fsp3) is 0.0870. The molecule has 0 aliphatic carbocycles. The summed E-state index contributed by atoms with van der Waals surface area (Å²) < 4.78 is 92.7. The maximum absolute atomic E-state index is 13.9. The van der Waals surface area contributed by atoms with Crippen molar-refractivity contribution in [2.45, 2.75) is 11.8 Å². The highest BCUT2D eigenvalue weighted by Gasteiger charge is 2.29. The molecule has 4 aromatic rings. The normalized spacial score (nSPS) is 12.1. The predicted octanol–water partition coefficient (Wildman–Crippen LogP) is 5.87. The third-order valence-corrected chi connectivity index (χ3v) is 6.90. The minimum atomic E-state index is -2.66. The number of ether oxygens (including phenoxy) is 1. The number of hydrogen-bond acceptors (Lipinski definition) is 4. The van der Waals surface area contributed by atoms with Crippen molar-refractivity contribution in [1.82, 2.24) is 4.57 Å². The van der Waals surface area contributed by atoms with Gasteiger partial charge in [0.05, 0.1) is 23.2 Å². The summed E-state index contributed by atoms with van der Waals surface area (Å²) in [5, 5.41) is 0.374. The molecule has 3 aromatic carbocycles. The van der Waals surface area contributed by atoms with Gasteiger partial charge in [0.1, 0.15) is 5.75 Å². The van der Waals surface area contributed by atoms with Crippen molar-refractivity contribution in [1.29, 1.82) is 0 Å². The van der Waals surface area contributed by atoms with E-state index in [1.165, 1.54) is 42.0 Å². The molecule has 1 aromatic heterocycles. The number of aryl methyl sites for hydroxylation is 1. The van der Waals surface area contributed by atoms with Crippen LogP contribution in [0.3, 0.4) is 0 Å². The van der Waals surface area contributed by atoms with E-state index < -0.39 is 51.5 Å². The molecule has 182 valence electrons. The number of methoxy groups -OCH3 is 1. The lowest BCUT2D eigenvalue weighted by Crippen LogP contribution is -2.18. The number of nitrogens with zero attached hydrogens (tertiary/aromatic N) is 1. The zero-order valence-corrected chi connectivity index (χ0v) is 20.2. The summed E-state index contributed by atoms with van der Waals surface area (Å²) in [6.45, 7) is 1.82. The van der Waals surface area contributed by atoms with Gasteiger partial charge in [-0.15, -0.1) is 0 Å². The van der Waals surface area contributed by atoms with Crippen molar-refractivity contribution in [3.8, 4) is 17.2 Å². The lowest BCUT2D eigenvalue weighted by molar-refractivity contribution is 0.352. The molecule has 1 unspecified atom stereocenters. The molecule has 0 aliphatic rings. The number of hydrogen-bond donors (Lipinski definition) is 0. The zero-order valence-electron chi connectivity index (χ0n) is 17.8. The molecule has 0 bridgehead atoms. The number of rotatable bonds is 5. The Bertz CT molecular complexity index is 1560. The van der Waals surface area contributed by atoms with Gasteiger partial charge in [0, 0.05) is 15.9 Å². The molecule has 0 fully saturated rings. The van der Waals surface area contributed by atoms with Gasteiger partial charge in [0.2, 0.25) is 45.9 Å². The lowest BCUT2D eigenvalue weighted by atomic mass is 10.1. The van der Waals surface area contributed by atoms with E-state index >= 15 is 0 Å². The highest BCUT2D eigenvalue weighted by molar-refractivity contribution is 9.10. The van der Waals surface area contributed by atoms with Gasteiger partial charge in [-0.05, 0) is 48.9 Å². The van der Waals surface area contributed by atoms with Gasteiger partial charge in [-0.1, -0.05) is 15.9 Å². The van der Waals surface area contributed by atoms with Gasteiger partial charge in [-0.3, -0.25) is 9.36 Å². The van der Waals surface area contributed by atoms with Gasteiger partial charge in [-0.25, -0.2) is 17.4 Å². The Morgan fingerprint density at radius 3 is 2.14 bits per heavy atom. The fourth-order valence-electron chi connectivity index (χ4n) is 3.34. The van der Waals surface area contributed by atoms with E-state index in [9.17, 15) is 31.0 Å². The van der Waals surface area contributed by atoms with Gasteiger partial charge < -0.3 is 8.92 Å². The molecule has 0 N–H and O–H groups in total.